The van der Waals surface area contributed by atoms with E-state index in [1.165, 1.54) is 6.07 Å². The van der Waals surface area contributed by atoms with Crippen molar-refractivity contribution in [1.29, 1.82) is 0 Å². The first-order valence-corrected chi connectivity index (χ1v) is 7.26. The summed E-state index contributed by atoms with van der Waals surface area (Å²) in [6.07, 6.45) is -3.09. The van der Waals surface area contributed by atoms with Crippen LogP contribution < -0.4 is 5.32 Å². The lowest BCUT2D eigenvalue weighted by Crippen LogP contribution is -2.34. The van der Waals surface area contributed by atoms with Crippen LogP contribution in [0.1, 0.15) is 38.9 Å². The maximum absolute atomic E-state index is 13.2. The Morgan fingerprint density at radius 2 is 2.05 bits per heavy atom. The van der Waals surface area contributed by atoms with Crippen molar-refractivity contribution >= 4 is 17.7 Å². The fraction of sp³-hybridized carbons (Fsp3) is 0.533. The van der Waals surface area contributed by atoms with E-state index in [-0.39, 0.29) is 23.6 Å². The van der Waals surface area contributed by atoms with Gasteiger partial charge in [-0.15, -0.1) is 0 Å². The molecule has 0 aliphatic carbocycles. The lowest BCUT2D eigenvalue weighted by molar-refractivity contribution is 0.0122. The number of rotatable bonds is 5. The standard InChI is InChI=1S/C15H21ClFNO4/c1-15(2,3)22-14(21)18-7-6-12(19)13(20)10-8-9(17)4-5-11(10)16/h4-5,8,12-13,19-20H,6-7H2,1-3H3,(H,18,21). The minimum Gasteiger partial charge on any atom is -0.444 e. The molecule has 0 heterocycles. The summed E-state index contributed by atoms with van der Waals surface area (Å²) in [6.45, 7) is 5.30. The number of hydrogen-bond donors (Lipinski definition) is 3. The third-order valence-electron chi connectivity index (χ3n) is 2.75. The molecule has 7 heteroatoms. The third-order valence-corrected chi connectivity index (χ3v) is 3.09. The molecule has 0 spiro atoms. The topological polar surface area (TPSA) is 78.8 Å². The minimum atomic E-state index is -1.34. The largest absolute Gasteiger partial charge is 0.444 e. The lowest BCUT2D eigenvalue weighted by Gasteiger charge is -2.21. The van der Waals surface area contributed by atoms with Gasteiger partial charge in [-0.25, -0.2) is 9.18 Å². The van der Waals surface area contributed by atoms with Crippen molar-refractivity contribution in [3.63, 3.8) is 0 Å². The predicted molar refractivity (Wildman–Crippen MR) is 81.2 cm³/mol. The molecular weight excluding hydrogens is 313 g/mol. The van der Waals surface area contributed by atoms with Crippen molar-refractivity contribution in [2.45, 2.75) is 45.0 Å². The summed E-state index contributed by atoms with van der Waals surface area (Å²) in [5.41, 5.74) is -0.511. The Balaban J connectivity index is 2.50. The van der Waals surface area contributed by atoms with E-state index in [4.69, 9.17) is 16.3 Å². The SMILES string of the molecule is CC(C)(C)OC(=O)NCCC(O)C(O)c1cc(F)ccc1Cl. The molecule has 3 N–H and O–H groups in total. The molecule has 2 unspecified atom stereocenters. The van der Waals surface area contributed by atoms with Gasteiger partial charge in [-0.1, -0.05) is 11.6 Å². The molecule has 0 fully saturated rings. The Morgan fingerprint density at radius 3 is 2.64 bits per heavy atom. The number of aliphatic hydroxyl groups is 2. The van der Waals surface area contributed by atoms with E-state index in [0.29, 0.717) is 0 Å². The first-order chi connectivity index (χ1) is 10.1. The average Bonchev–Trinajstić information content (AvgIpc) is 2.38. The number of benzene rings is 1. The number of hydrogen-bond acceptors (Lipinski definition) is 4. The number of nitrogens with one attached hydrogen (secondary N) is 1. The summed E-state index contributed by atoms with van der Waals surface area (Å²) in [4.78, 5) is 11.4. The predicted octanol–water partition coefficient (Wildman–Crippen LogP) is 2.79. The molecule has 0 aliphatic heterocycles. The molecule has 1 aromatic carbocycles. The highest BCUT2D eigenvalue weighted by Crippen LogP contribution is 2.27. The van der Waals surface area contributed by atoms with Gasteiger partial charge in [0.2, 0.25) is 0 Å². The van der Waals surface area contributed by atoms with Crippen LogP contribution in [0.4, 0.5) is 9.18 Å². The normalized spacial score (nSPS) is 14.3. The number of alkyl carbamates (subject to hydrolysis) is 1. The molecule has 0 bridgehead atoms. The smallest absolute Gasteiger partial charge is 0.407 e. The molecular formula is C15H21ClFNO4. The molecule has 0 saturated carbocycles. The Labute approximate surface area is 134 Å². The van der Waals surface area contributed by atoms with Gasteiger partial charge >= 0.3 is 6.09 Å². The number of carbonyl (C=O) groups is 1. The van der Waals surface area contributed by atoms with Gasteiger partial charge in [-0.05, 0) is 45.4 Å². The van der Waals surface area contributed by atoms with Crippen molar-refractivity contribution in [2.24, 2.45) is 0 Å². The van der Waals surface area contributed by atoms with Gasteiger partial charge in [0.25, 0.3) is 0 Å². The minimum absolute atomic E-state index is 0.0627. The van der Waals surface area contributed by atoms with Crippen LogP contribution in [-0.4, -0.2) is 34.6 Å². The molecule has 2 atom stereocenters. The Morgan fingerprint density at radius 1 is 1.41 bits per heavy atom. The Hall–Kier alpha value is -1.37. The number of ether oxygens (including phenoxy) is 1. The van der Waals surface area contributed by atoms with Crippen LogP contribution in [0.25, 0.3) is 0 Å². The van der Waals surface area contributed by atoms with E-state index >= 15 is 0 Å². The molecule has 22 heavy (non-hydrogen) atoms. The van der Waals surface area contributed by atoms with Crippen LogP contribution in [0.5, 0.6) is 0 Å². The van der Waals surface area contributed by atoms with Gasteiger partial charge in [-0.3, -0.25) is 0 Å². The van der Waals surface area contributed by atoms with Crippen LogP contribution in [0, 0.1) is 5.82 Å². The fourth-order valence-electron chi connectivity index (χ4n) is 1.74. The van der Waals surface area contributed by atoms with Gasteiger partial charge in [0.15, 0.2) is 0 Å². The maximum atomic E-state index is 13.2. The highest BCUT2D eigenvalue weighted by Gasteiger charge is 2.22. The lowest BCUT2D eigenvalue weighted by atomic mass is 10.0. The van der Waals surface area contributed by atoms with Crippen LogP contribution in [0.3, 0.4) is 0 Å². The van der Waals surface area contributed by atoms with Gasteiger partial charge in [0.05, 0.1) is 6.10 Å². The Kier molecular flexibility index (Phi) is 6.59. The molecule has 5 nitrogen and oxygen atoms in total. The second-order valence-electron chi connectivity index (χ2n) is 5.90. The van der Waals surface area contributed by atoms with E-state index in [2.05, 4.69) is 5.32 Å². The van der Waals surface area contributed by atoms with E-state index in [0.717, 1.165) is 12.1 Å². The van der Waals surface area contributed by atoms with Gasteiger partial charge in [0, 0.05) is 17.1 Å². The molecule has 0 saturated heterocycles. The Bertz CT molecular complexity index is 519. The van der Waals surface area contributed by atoms with Crippen LogP contribution in [0.15, 0.2) is 18.2 Å². The first-order valence-electron chi connectivity index (χ1n) is 6.88. The monoisotopic (exact) mass is 333 g/mol. The van der Waals surface area contributed by atoms with Crippen LogP contribution in [-0.2, 0) is 4.74 Å². The van der Waals surface area contributed by atoms with E-state index in [1.807, 2.05) is 0 Å². The summed E-state index contributed by atoms with van der Waals surface area (Å²) in [7, 11) is 0. The first kappa shape index (κ1) is 18.7. The molecule has 0 radical (unpaired) electrons. The quantitative estimate of drug-likeness (QED) is 0.774. The van der Waals surface area contributed by atoms with Crippen LogP contribution in [0.2, 0.25) is 5.02 Å². The molecule has 1 rings (SSSR count). The summed E-state index contributed by atoms with van der Waals surface area (Å²) in [5.74, 6) is -0.558. The van der Waals surface area contributed by atoms with Crippen LogP contribution >= 0.6 is 11.6 Å². The van der Waals surface area contributed by atoms with Gasteiger partial charge in [0.1, 0.15) is 17.5 Å². The molecule has 0 aliphatic rings. The van der Waals surface area contributed by atoms with Crippen molar-refractivity contribution in [1.82, 2.24) is 5.32 Å². The van der Waals surface area contributed by atoms with Crippen molar-refractivity contribution < 1.29 is 24.1 Å². The highest BCUT2D eigenvalue weighted by molar-refractivity contribution is 6.31. The number of amides is 1. The summed E-state index contributed by atoms with van der Waals surface area (Å²) in [6, 6.07) is 3.54. The average molecular weight is 334 g/mol. The number of carbonyl (C=O) groups excluding carboxylic acids is 1. The highest BCUT2D eigenvalue weighted by atomic mass is 35.5. The zero-order valence-corrected chi connectivity index (χ0v) is 13.5. The van der Waals surface area contributed by atoms with E-state index in [1.54, 1.807) is 20.8 Å². The van der Waals surface area contributed by atoms with Gasteiger partial charge in [-0.2, -0.15) is 0 Å². The number of aliphatic hydroxyl groups excluding tert-OH is 2. The second-order valence-corrected chi connectivity index (χ2v) is 6.30. The van der Waals surface area contributed by atoms with Crippen molar-refractivity contribution in [3.8, 4) is 0 Å². The zero-order valence-electron chi connectivity index (χ0n) is 12.8. The van der Waals surface area contributed by atoms with E-state index in [9.17, 15) is 19.4 Å². The zero-order chi connectivity index (χ0) is 16.9. The molecule has 0 aromatic heterocycles. The third kappa shape index (κ3) is 6.17. The summed E-state index contributed by atoms with van der Waals surface area (Å²) in [5, 5.41) is 22.5. The second kappa shape index (κ2) is 7.76. The van der Waals surface area contributed by atoms with Gasteiger partial charge < -0.3 is 20.3 Å². The van der Waals surface area contributed by atoms with Crippen molar-refractivity contribution in [2.75, 3.05) is 6.54 Å². The summed E-state index contributed by atoms with van der Waals surface area (Å²) >= 11 is 5.86. The summed E-state index contributed by atoms with van der Waals surface area (Å²) < 4.78 is 18.2. The molecule has 1 amide bonds. The number of halogens is 2. The van der Waals surface area contributed by atoms with Crippen molar-refractivity contribution in [3.05, 3.63) is 34.6 Å². The maximum Gasteiger partial charge on any atom is 0.407 e. The van der Waals surface area contributed by atoms with E-state index < -0.39 is 29.7 Å². The molecule has 1 aromatic rings. The molecule has 124 valence electrons. The fourth-order valence-corrected chi connectivity index (χ4v) is 1.97.